The first-order valence-corrected chi connectivity index (χ1v) is 8.18. The Balaban J connectivity index is 1.53. The van der Waals surface area contributed by atoms with Gasteiger partial charge in [0.15, 0.2) is 0 Å². The quantitative estimate of drug-likeness (QED) is 0.666. The molecule has 3 rings (SSSR count). The SMILES string of the molecule is NCc1nc2ccccc2n1CCCCOc1ccc(Cl)cc1. The van der Waals surface area contributed by atoms with Crippen molar-refractivity contribution in [3.8, 4) is 5.75 Å². The molecule has 0 bridgehead atoms. The van der Waals surface area contributed by atoms with Crippen molar-refractivity contribution in [2.75, 3.05) is 6.61 Å². The van der Waals surface area contributed by atoms with Crippen molar-refractivity contribution in [1.29, 1.82) is 0 Å². The van der Waals surface area contributed by atoms with Crippen LogP contribution in [0.15, 0.2) is 48.5 Å². The number of nitrogens with two attached hydrogens (primary N) is 1. The van der Waals surface area contributed by atoms with E-state index >= 15 is 0 Å². The second-order valence-corrected chi connectivity index (χ2v) is 5.82. The first-order chi connectivity index (χ1) is 11.3. The molecule has 0 unspecified atom stereocenters. The largest absolute Gasteiger partial charge is 0.494 e. The van der Waals surface area contributed by atoms with Crippen LogP contribution < -0.4 is 10.5 Å². The molecule has 0 radical (unpaired) electrons. The summed E-state index contributed by atoms with van der Waals surface area (Å²) in [4.78, 5) is 4.58. The van der Waals surface area contributed by atoms with Crippen LogP contribution in [0.3, 0.4) is 0 Å². The van der Waals surface area contributed by atoms with Crippen LogP contribution in [-0.4, -0.2) is 16.2 Å². The highest BCUT2D eigenvalue weighted by Gasteiger charge is 2.08. The number of hydrogen-bond donors (Lipinski definition) is 1. The fourth-order valence-electron chi connectivity index (χ4n) is 2.62. The van der Waals surface area contributed by atoms with E-state index in [9.17, 15) is 0 Å². The fourth-order valence-corrected chi connectivity index (χ4v) is 2.75. The van der Waals surface area contributed by atoms with E-state index < -0.39 is 0 Å². The number of imidazole rings is 1. The zero-order valence-electron chi connectivity index (χ0n) is 12.9. The number of para-hydroxylation sites is 2. The monoisotopic (exact) mass is 329 g/mol. The predicted octanol–water partition coefficient (Wildman–Crippen LogP) is 4.01. The van der Waals surface area contributed by atoms with Crippen molar-refractivity contribution in [3.63, 3.8) is 0 Å². The fraction of sp³-hybridized carbons (Fsp3) is 0.278. The molecule has 0 saturated carbocycles. The van der Waals surface area contributed by atoms with Gasteiger partial charge in [0.05, 0.1) is 24.2 Å². The molecule has 2 N–H and O–H groups in total. The minimum atomic E-state index is 0.454. The minimum absolute atomic E-state index is 0.454. The van der Waals surface area contributed by atoms with E-state index in [0.717, 1.165) is 47.0 Å². The van der Waals surface area contributed by atoms with Gasteiger partial charge in [-0.15, -0.1) is 0 Å². The highest BCUT2D eigenvalue weighted by atomic mass is 35.5. The zero-order valence-corrected chi connectivity index (χ0v) is 13.7. The number of rotatable bonds is 7. The summed E-state index contributed by atoms with van der Waals surface area (Å²) in [6.45, 7) is 2.04. The van der Waals surface area contributed by atoms with Gasteiger partial charge in [-0.2, -0.15) is 0 Å². The van der Waals surface area contributed by atoms with Gasteiger partial charge < -0.3 is 15.0 Å². The molecular formula is C18H20ClN3O. The van der Waals surface area contributed by atoms with Gasteiger partial charge in [0, 0.05) is 11.6 Å². The number of unbranched alkanes of at least 4 members (excludes halogenated alkanes) is 1. The van der Waals surface area contributed by atoms with Crippen LogP contribution in [0.25, 0.3) is 11.0 Å². The second kappa shape index (κ2) is 7.49. The lowest BCUT2D eigenvalue weighted by Gasteiger charge is -2.09. The van der Waals surface area contributed by atoms with Crippen LogP contribution in [0, 0.1) is 0 Å². The van der Waals surface area contributed by atoms with Gasteiger partial charge in [0.2, 0.25) is 0 Å². The number of aryl methyl sites for hydroxylation is 1. The predicted molar refractivity (Wildman–Crippen MR) is 93.8 cm³/mol. The lowest BCUT2D eigenvalue weighted by Crippen LogP contribution is -2.09. The molecule has 0 fully saturated rings. The van der Waals surface area contributed by atoms with Crippen LogP contribution in [0.4, 0.5) is 0 Å². The zero-order chi connectivity index (χ0) is 16.1. The van der Waals surface area contributed by atoms with Crippen molar-refractivity contribution in [1.82, 2.24) is 9.55 Å². The van der Waals surface area contributed by atoms with Gasteiger partial charge in [-0.25, -0.2) is 4.98 Å². The van der Waals surface area contributed by atoms with Crippen LogP contribution >= 0.6 is 11.6 Å². The van der Waals surface area contributed by atoms with Crippen molar-refractivity contribution in [2.24, 2.45) is 5.73 Å². The summed E-state index contributed by atoms with van der Waals surface area (Å²) in [5.74, 6) is 1.79. The Hall–Kier alpha value is -2.04. The van der Waals surface area contributed by atoms with E-state index in [0.29, 0.717) is 13.2 Å². The molecule has 3 aromatic rings. The third kappa shape index (κ3) is 3.84. The molecule has 0 aliphatic rings. The average Bonchev–Trinajstić information content (AvgIpc) is 2.94. The molecule has 0 amide bonds. The Labute approximate surface area is 140 Å². The van der Waals surface area contributed by atoms with Crippen molar-refractivity contribution >= 4 is 22.6 Å². The van der Waals surface area contributed by atoms with Gasteiger partial charge in [-0.05, 0) is 49.2 Å². The summed E-state index contributed by atoms with van der Waals surface area (Å²) in [7, 11) is 0. The molecule has 120 valence electrons. The number of halogens is 1. The minimum Gasteiger partial charge on any atom is -0.494 e. The third-order valence-electron chi connectivity index (χ3n) is 3.77. The molecule has 0 atom stereocenters. The van der Waals surface area contributed by atoms with Crippen LogP contribution in [0.2, 0.25) is 5.02 Å². The van der Waals surface area contributed by atoms with Crippen molar-refractivity contribution in [2.45, 2.75) is 25.9 Å². The molecule has 1 heterocycles. The van der Waals surface area contributed by atoms with E-state index in [1.165, 1.54) is 0 Å². The number of aromatic nitrogens is 2. The summed E-state index contributed by atoms with van der Waals surface area (Å²) < 4.78 is 7.92. The Morgan fingerprint density at radius 1 is 1.04 bits per heavy atom. The summed E-state index contributed by atoms with van der Waals surface area (Å²) in [6.07, 6.45) is 1.99. The molecule has 0 saturated heterocycles. The Bertz CT molecular complexity index is 768. The van der Waals surface area contributed by atoms with Crippen LogP contribution in [0.5, 0.6) is 5.75 Å². The summed E-state index contributed by atoms with van der Waals surface area (Å²) >= 11 is 5.85. The molecule has 23 heavy (non-hydrogen) atoms. The normalized spacial score (nSPS) is 11.0. The van der Waals surface area contributed by atoms with Gasteiger partial charge in [0.25, 0.3) is 0 Å². The van der Waals surface area contributed by atoms with Crippen LogP contribution in [0.1, 0.15) is 18.7 Å². The Morgan fingerprint density at radius 2 is 1.83 bits per heavy atom. The lowest BCUT2D eigenvalue weighted by molar-refractivity contribution is 0.303. The number of benzene rings is 2. The van der Waals surface area contributed by atoms with Crippen molar-refractivity contribution < 1.29 is 4.74 Å². The van der Waals surface area contributed by atoms with E-state index in [1.54, 1.807) is 0 Å². The highest BCUT2D eigenvalue weighted by molar-refractivity contribution is 6.30. The van der Waals surface area contributed by atoms with Gasteiger partial charge in [0.1, 0.15) is 11.6 Å². The van der Waals surface area contributed by atoms with Gasteiger partial charge in [-0.3, -0.25) is 0 Å². The summed E-state index contributed by atoms with van der Waals surface area (Å²) in [5, 5.41) is 0.721. The highest BCUT2D eigenvalue weighted by Crippen LogP contribution is 2.18. The number of fused-ring (bicyclic) bond motifs is 1. The average molecular weight is 330 g/mol. The van der Waals surface area contributed by atoms with E-state index in [4.69, 9.17) is 22.1 Å². The van der Waals surface area contributed by atoms with Gasteiger partial charge >= 0.3 is 0 Å². The van der Waals surface area contributed by atoms with E-state index in [1.807, 2.05) is 42.5 Å². The maximum absolute atomic E-state index is 5.85. The number of ether oxygens (including phenoxy) is 1. The number of hydrogen-bond acceptors (Lipinski definition) is 3. The molecule has 1 aromatic heterocycles. The third-order valence-corrected chi connectivity index (χ3v) is 4.03. The Kier molecular flexibility index (Phi) is 5.16. The molecule has 0 aliphatic carbocycles. The summed E-state index contributed by atoms with van der Waals surface area (Å²) in [6, 6.07) is 15.6. The molecule has 0 spiro atoms. The van der Waals surface area contributed by atoms with E-state index in [-0.39, 0.29) is 0 Å². The standard InChI is InChI=1S/C18H20ClN3O/c19-14-7-9-15(10-8-14)23-12-4-3-11-22-17-6-2-1-5-16(17)21-18(22)13-20/h1-2,5-10H,3-4,11-13,20H2. The molecule has 2 aromatic carbocycles. The summed E-state index contributed by atoms with van der Waals surface area (Å²) in [5.41, 5.74) is 7.96. The molecular weight excluding hydrogens is 310 g/mol. The van der Waals surface area contributed by atoms with Gasteiger partial charge in [-0.1, -0.05) is 23.7 Å². The Morgan fingerprint density at radius 3 is 2.61 bits per heavy atom. The molecule has 5 heteroatoms. The smallest absolute Gasteiger partial charge is 0.123 e. The lowest BCUT2D eigenvalue weighted by atomic mass is 10.3. The second-order valence-electron chi connectivity index (χ2n) is 5.38. The van der Waals surface area contributed by atoms with Crippen LogP contribution in [-0.2, 0) is 13.1 Å². The van der Waals surface area contributed by atoms with Crippen molar-refractivity contribution in [3.05, 3.63) is 59.4 Å². The number of nitrogens with zero attached hydrogens (tertiary/aromatic N) is 2. The topological polar surface area (TPSA) is 53.1 Å². The maximum Gasteiger partial charge on any atom is 0.123 e. The first-order valence-electron chi connectivity index (χ1n) is 7.80. The molecule has 4 nitrogen and oxygen atoms in total. The first kappa shape index (κ1) is 15.8. The molecule has 0 aliphatic heterocycles. The maximum atomic E-state index is 5.85. The van der Waals surface area contributed by atoms with E-state index in [2.05, 4.69) is 15.6 Å².